The monoisotopic (exact) mass is 367 g/mol. The highest BCUT2D eigenvalue weighted by Crippen LogP contribution is 2.12. The van der Waals surface area contributed by atoms with Crippen LogP contribution in [0.5, 0.6) is 5.75 Å². The van der Waals surface area contributed by atoms with Gasteiger partial charge in [0.05, 0.1) is 20.1 Å². The summed E-state index contributed by atoms with van der Waals surface area (Å²) in [5, 5.41) is 7.13. The zero-order valence-corrected chi connectivity index (χ0v) is 15.3. The van der Waals surface area contributed by atoms with Gasteiger partial charge in [0, 0.05) is 19.8 Å². The third-order valence-electron chi connectivity index (χ3n) is 4.10. The number of benzene rings is 1. The second-order valence-electron chi connectivity index (χ2n) is 5.98. The summed E-state index contributed by atoms with van der Waals surface area (Å²) in [4.78, 5) is 28.6. The SMILES string of the molecule is COc1ccc(CC(=O)NCCn2nc(-c3ccccn3)n(C)c2=O)cc1. The average molecular weight is 367 g/mol. The Hall–Kier alpha value is -3.42. The molecule has 0 aliphatic rings. The fourth-order valence-electron chi connectivity index (χ4n) is 2.64. The molecule has 8 heteroatoms. The molecule has 0 aliphatic heterocycles. The fourth-order valence-corrected chi connectivity index (χ4v) is 2.64. The van der Waals surface area contributed by atoms with E-state index in [1.807, 2.05) is 30.3 Å². The van der Waals surface area contributed by atoms with Crippen molar-refractivity contribution in [2.24, 2.45) is 7.05 Å². The minimum Gasteiger partial charge on any atom is -0.497 e. The fraction of sp³-hybridized carbons (Fsp3) is 0.263. The molecule has 0 unspecified atom stereocenters. The molecule has 27 heavy (non-hydrogen) atoms. The quantitative estimate of drug-likeness (QED) is 0.673. The van der Waals surface area contributed by atoms with Gasteiger partial charge in [-0.05, 0) is 29.8 Å². The summed E-state index contributed by atoms with van der Waals surface area (Å²) < 4.78 is 7.87. The van der Waals surface area contributed by atoms with Crippen LogP contribution in [-0.2, 0) is 24.8 Å². The molecule has 3 aromatic rings. The number of hydrogen-bond acceptors (Lipinski definition) is 5. The molecule has 2 heterocycles. The third kappa shape index (κ3) is 4.41. The highest BCUT2D eigenvalue weighted by Gasteiger charge is 2.13. The van der Waals surface area contributed by atoms with E-state index >= 15 is 0 Å². The summed E-state index contributed by atoms with van der Waals surface area (Å²) >= 11 is 0. The normalized spacial score (nSPS) is 10.6. The Morgan fingerprint density at radius 1 is 1.19 bits per heavy atom. The number of nitrogens with zero attached hydrogens (tertiary/aromatic N) is 4. The van der Waals surface area contributed by atoms with Gasteiger partial charge in [0.2, 0.25) is 5.91 Å². The van der Waals surface area contributed by atoms with Crippen molar-refractivity contribution in [1.29, 1.82) is 0 Å². The van der Waals surface area contributed by atoms with Gasteiger partial charge in [0.25, 0.3) is 0 Å². The van der Waals surface area contributed by atoms with Gasteiger partial charge in [-0.25, -0.2) is 9.48 Å². The number of nitrogens with one attached hydrogen (secondary N) is 1. The van der Waals surface area contributed by atoms with E-state index in [2.05, 4.69) is 15.4 Å². The van der Waals surface area contributed by atoms with Gasteiger partial charge >= 0.3 is 5.69 Å². The molecular weight excluding hydrogens is 346 g/mol. The maximum atomic E-state index is 12.3. The highest BCUT2D eigenvalue weighted by atomic mass is 16.5. The molecule has 0 spiro atoms. The molecule has 0 saturated carbocycles. The van der Waals surface area contributed by atoms with Crippen LogP contribution in [-0.4, -0.2) is 38.9 Å². The molecule has 0 aliphatic carbocycles. The maximum Gasteiger partial charge on any atom is 0.346 e. The van der Waals surface area contributed by atoms with Gasteiger partial charge in [-0.2, -0.15) is 0 Å². The lowest BCUT2D eigenvalue weighted by atomic mass is 10.1. The van der Waals surface area contributed by atoms with Crippen molar-refractivity contribution in [3.63, 3.8) is 0 Å². The van der Waals surface area contributed by atoms with Crippen molar-refractivity contribution < 1.29 is 9.53 Å². The van der Waals surface area contributed by atoms with Crippen LogP contribution in [0.1, 0.15) is 5.56 Å². The molecule has 0 atom stereocenters. The summed E-state index contributed by atoms with van der Waals surface area (Å²) in [5.41, 5.74) is 1.26. The number of carbonyl (C=O) groups excluding carboxylic acids is 1. The van der Waals surface area contributed by atoms with E-state index in [1.165, 1.54) is 9.25 Å². The Labute approximate surface area is 156 Å². The van der Waals surface area contributed by atoms with Crippen LogP contribution >= 0.6 is 0 Å². The van der Waals surface area contributed by atoms with Crippen molar-refractivity contribution in [1.82, 2.24) is 24.6 Å². The largest absolute Gasteiger partial charge is 0.497 e. The van der Waals surface area contributed by atoms with E-state index in [0.717, 1.165) is 11.3 Å². The van der Waals surface area contributed by atoms with E-state index < -0.39 is 0 Å². The lowest BCUT2D eigenvalue weighted by Gasteiger charge is -2.06. The van der Waals surface area contributed by atoms with Gasteiger partial charge in [-0.3, -0.25) is 14.3 Å². The first-order valence-corrected chi connectivity index (χ1v) is 8.53. The van der Waals surface area contributed by atoms with Gasteiger partial charge in [0.15, 0.2) is 5.82 Å². The number of hydrogen-bond donors (Lipinski definition) is 1. The topological polar surface area (TPSA) is 91.0 Å². The van der Waals surface area contributed by atoms with E-state index in [0.29, 0.717) is 18.1 Å². The first-order valence-electron chi connectivity index (χ1n) is 8.53. The molecule has 3 rings (SSSR count). The highest BCUT2D eigenvalue weighted by molar-refractivity contribution is 5.78. The Morgan fingerprint density at radius 2 is 1.96 bits per heavy atom. The number of carbonyl (C=O) groups is 1. The number of amides is 1. The van der Waals surface area contributed by atoms with Crippen molar-refractivity contribution in [2.75, 3.05) is 13.7 Å². The molecule has 2 aromatic heterocycles. The minimum atomic E-state index is -0.250. The lowest BCUT2D eigenvalue weighted by Crippen LogP contribution is -2.32. The Kier molecular flexibility index (Phi) is 5.65. The predicted molar refractivity (Wildman–Crippen MR) is 100 cm³/mol. The van der Waals surface area contributed by atoms with E-state index in [4.69, 9.17) is 4.74 Å². The van der Waals surface area contributed by atoms with Gasteiger partial charge < -0.3 is 10.1 Å². The molecule has 0 saturated heterocycles. The van der Waals surface area contributed by atoms with Gasteiger partial charge in [-0.1, -0.05) is 18.2 Å². The molecule has 1 amide bonds. The standard InChI is InChI=1S/C19H21N5O3/c1-23-18(16-5-3-4-10-20-16)22-24(19(23)26)12-11-21-17(25)13-14-6-8-15(27-2)9-7-14/h3-10H,11-13H2,1-2H3,(H,21,25). The van der Waals surface area contributed by atoms with Crippen LogP contribution in [0.15, 0.2) is 53.5 Å². The molecule has 1 aromatic carbocycles. The predicted octanol–water partition coefficient (Wildman–Crippen LogP) is 1.01. The van der Waals surface area contributed by atoms with Crippen LogP contribution < -0.4 is 15.7 Å². The molecule has 8 nitrogen and oxygen atoms in total. The Morgan fingerprint density at radius 3 is 2.63 bits per heavy atom. The Bertz CT molecular complexity index is 961. The Balaban J connectivity index is 1.57. The molecule has 140 valence electrons. The molecule has 0 fully saturated rings. The molecular formula is C19H21N5O3. The summed E-state index contributed by atoms with van der Waals surface area (Å²) in [5.74, 6) is 1.12. The number of ether oxygens (including phenoxy) is 1. The average Bonchev–Trinajstić information content (AvgIpc) is 2.98. The van der Waals surface area contributed by atoms with Gasteiger partial charge in [-0.15, -0.1) is 5.10 Å². The molecule has 1 N–H and O–H groups in total. The number of pyridine rings is 1. The number of rotatable bonds is 7. The van der Waals surface area contributed by atoms with Crippen molar-refractivity contribution in [3.8, 4) is 17.3 Å². The minimum absolute atomic E-state index is 0.117. The van der Waals surface area contributed by atoms with Gasteiger partial charge in [0.1, 0.15) is 11.4 Å². The maximum absolute atomic E-state index is 12.3. The van der Waals surface area contributed by atoms with E-state index in [9.17, 15) is 9.59 Å². The summed E-state index contributed by atoms with van der Waals surface area (Å²) in [6, 6.07) is 12.8. The van der Waals surface area contributed by atoms with Crippen molar-refractivity contribution in [3.05, 3.63) is 64.7 Å². The zero-order chi connectivity index (χ0) is 19.2. The molecule has 0 radical (unpaired) electrons. The zero-order valence-electron chi connectivity index (χ0n) is 15.3. The van der Waals surface area contributed by atoms with Crippen LogP contribution in [0.2, 0.25) is 0 Å². The van der Waals surface area contributed by atoms with Crippen molar-refractivity contribution in [2.45, 2.75) is 13.0 Å². The first kappa shape index (κ1) is 18.4. The first-order chi connectivity index (χ1) is 13.1. The van der Waals surface area contributed by atoms with Crippen LogP contribution in [0.4, 0.5) is 0 Å². The third-order valence-corrected chi connectivity index (χ3v) is 4.10. The van der Waals surface area contributed by atoms with Crippen LogP contribution in [0.3, 0.4) is 0 Å². The molecule has 0 bridgehead atoms. The van der Waals surface area contributed by atoms with E-state index in [1.54, 1.807) is 32.5 Å². The number of aromatic nitrogens is 4. The summed E-state index contributed by atoms with van der Waals surface area (Å²) in [6.07, 6.45) is 1.92. The summed E-state index contributed by atoms with van der Waals surface area (Å²) in [6.45, 7) is 0.599. The summed E-state index contributed by atoms with van der Waals surface area (Å²) in [7, 11) is 3.25. The number of methoxy groups -OCH3 is 1. The smallest absolute Gasteiger partial charge is 0.346 e. The van der Waals surface area contributed by atoms with E-state index in [-0.39, 0.29) is 24.6 Å². The van der Waals surface area contributed by atoms with Crippen molar-refractivity contribution >= 4 is 5.91 Å². The van der Waals surface area contributed by atoms with Crippen LogP contribution in [0, 0.1) is 0 Å². The van der Waals surface area contributed by atoms with Crippen LogP contribution in [0.25, 0.3) is 11.5 Å². The second kappa shape index (κ2) is 8.31. The second-order valence-corrected chi connectivity index (χ2v) is 5.98. The lowest BCUT2D eigenvalue weighted by molar-refractivity contribution is -0.120.